The maximum Gasteiger partial charge on any atom is 0.170 e. The summed E-state index contributed by atoms with van der Waals surface area (Å²) in [5, 5.41) is 0. The molecule has 0 spiro atoms. The molecular weight excluding hydrogens is 402 g/mol. The lowest BCUT2D eigenvalue weighted by Crippen LogP contribution is -2.21. The van der Waals surface area contributed by atoms with Gasteiger partial charge in [-0.15, -0.1) is 0 Å². The smallest absolute Gasteiger partial charge is 0.170 e. The van der Waals surface area contributed by atoms with Gasteiger partial charge in [0.2, 0.25) is 0 Å². The van der Waals surface area contributed by atoms with Crippen molar-refractivity contribution in [2.75, 3.05) is 7.11 Å². The number of hydrogen-bond donors (Lipinski definition) is 0. The Bertz CT molecular complexity index is 718. The number of ketones is 1. The number of ether oxygens (including phenoxy) is 2. The minimum Gasteiger partial charge on any atom is -0.497 e. The first kappa shape index (κ1) is 14.5. The van der Waals surface area contributed by atoms with Crippen LogP contribution in [-0.2, 0) is 0 Å². The molecule has 21 heavy (non-hydrogen) atoms. The molecule has 6 heteroatoms. The highest BCUT2D eigenvalue weighted by atomic mass is 79.9. The van der Waals surface area contributed by atoms with Crippen molar-refractivity contribution in [3.05, 3.63) is 50.7 Å². The summed E-state index contributed by atoms with van der Waals surface area (Å²) in [6.07, 6.45) is 1.56. The van der Waals surface area contributed by atoms with Crippen molar-refractivity contribution in [3.63, 3.8) is 0 Å². The number of Topliss-reactive ketones (excluding diaryl/α,β-unsaturated/α-hetero) is 1. The van der Waals surface area contributed by atoms with Crippen LogP contribution in [-0.4, -0.2) is 17.9 Å². The number of hydrogen-bond acceptors (Lipinski definition) is 4. The summed E-state index contributed by atoms with van der Waals surface area (Å²) in [6.45, 7) is 0. The second-order valence-corrected chi connectivity index (χ2v) is 6.39. The van der Waals surface area contributed by atoms with E-state index in [0.717, 1.165) is 8.95 Å². The molecule has 1 unspecified atom stereocenters. The van der Waals surface area contributed by atoms with Gasteiger partial charge in [-0.25, -0.2) is 0 Å². The number of carbonyl (C=O) groups is 1. The molecule has 0 saturated heterocycles. The van der Waals surface area contributed by atoms with E-state index in [0.29, 0.717) is 22.8 Å². The van der Waals surface area contributed by atoms with Crippen molar-refractivity contribution in [1.82, 2.24) is 4.98 Å². The van der Waals surface area contributed by atoms with Crippen molar-refractivity contribution in [2.24, 2.45) is 0 Å². The average molecular weight is 413 g/mol. The fraction of sp³-hybridized carbons (Fsp3) is 0.200. The Morgan fingerprint density at radius 2 is 2.14 bits per heavy atom. The monoisotopic (exact) mass is 411 g/mol. The first-order valence-electron chi connectivity index (χ1n) is 6.27. The third-order valence-corrected chi connectivity index (χ3v) is 4.34. The first-order valence-corrected chi connectivity index (χ1v) is 7.86. The van der Waals surface area contributed by atoms with Crippen LogP contribution in [0.25, 0.3) is 0 Å². The summed E-state index contributed by atoms with van der Waals surface area (Å²) in [6, 6.07) is 7.11. The van der Waals surface area contributed by atoms with E-state index in [1.54, 1.807) is 31.5 Å². The van der Waals surface area contributed by atoms with Gasteiger partial charge in [0.05, 0.1) is 24.8 Å². The van der Waals surface area contributed by atoms with Gasteiger partial charge in [0.15, 0.2) is 5.78 Å². The lowest BCUT2D eigenvalue weighted by atomic mass is 9.98. The van der Waals surface area contributed by atoms with Gasteiger partial charge in [-0.2, -0.15) is 0 Å². The highest BCUT2D eigenvalue weighted by Crippen LogP contribution is 2.38. The molecule has 2 heterocycles. The van der Waals surface area contributed by atoms with Gasteiger partial charge in [0, 0.05) is 21.2 Å². The van der Waals surface area contributed by atoms with E-state index >= 15 is 0 Å². The van der Waals surface area contributed by atoms with Crippen LogP contribution < -0.4 is 9.47 Å². The third kappa shape index (κ3) is 2.82. The summed E-state index contributed by atoms with van der Waals surface area (Å²) in [5.74, 6) is 1.23. The van der Waals surface area contributed by atoms with E-state index in [9.17, 15) is 4.79 Å². The molecule has 0 aliphatic carbocycles. The van der Waals surface area contributed by atoms with E-state index in [1.165, 1.54) is 0 Å². The van der Waals surface area contributed by atoms with Crippen LogP contribution in [0.2, 0.25) is 0 Å². The Morgan fingerprint density at radius 1 is 1.33 bits per heavy atom. The number of fused-ring (bicyclic) bond motifs is 1. The number of halogens is 2. The largest absolute Gasteiger partial charge is 0.497 e. The maximum atomic E-state index is 12.3. The van der Waals surface area contributed by atoms with Crippen LogP contribution >= 0.6 is 31.9 Å². The number of methoxy groups -OCH3 is 1. The quantitative estimate of drug-likeness (QED) is 0.736. The van der Waals surface area contributed by atoms with E-state index in [2.05, 4.69) is 36.8 Å². The lowest BCUT2D eigenvalue weighted by Gasteiger charge is -2.25. The third-order valence-electron chi connectivity index (χ3n) is 3.27. The second-order valence-electron chi connectivity index (χ2n) is 4.62. The molecule has 108 valence electrons. The summed E-state index contributed by atoms with van der Waals surface area (Å²) in [4.78, 5) is 16.6. The number of benzene rings is 1. The second kappa shape index (κ2) is 5.77. The topological polar surface area (TPSA) is 48.4 Å². The van der Waals surface area contributed by atoms with E-state index < -0.39 is 6.10 Å². The Hall–Kier alpha value is -1.40. The zero-order valence-electron chi connectivity index (χ0n) is 11.1. The minimum absolute atomic E-state index is 0.0421. The standard InChI is InChI=1S/C15H11Br2NO3/c1-20-9-2-3-10-12(19)6-14(21-13(10)5-9)15-11(17)4-8(16)7-18-15/h2-5,7,14H,6H2,1H3. The highest BCUT2D eigenvalue weighted by Gasteiger charge is 2.30. The molecular formula is C15H11Br2NO3. The molecule has 2 aromatic rings. The van der Waals surface area contributed by atoms with E-state index in [-0.39, 0.29) is 12.2 Å². The van der Waals surface area contributed by atoms with Crippen LogP contribution in [0.4, 0.5) is 0 Å². The minimum atomic E-state index is -0.403. The normalized spacial score (nSPS) is 17.1. The summed E-state index contributed by atoms with van der Waals surface area (Å²) in [7, 11) is 1.58. The Balaban J connectivity index is 1.99. The number of rotatable bonds is 2. The van der Waals surface area contributed by atoms with Crippen LogP contribution in [0.1, 0.15) is 28.6 Å². The molecule has 0 radical (unpaired) electrons. The lowest BCUT2D eigenvalue weighted by molar-refractivity contribution is 0.0843. The molecule has 1 aromatic heterocycles. The molecule has 1 atom stereocenters. The zero-order valence-corrected chi connectivity index (χ0v) is 14.3. The SMILES string of the molecule is COc1ccc2c(c1)OC(c1ncc(Br)cc1Br)CC2=O. The molecule has 0 bridgehead atoms. The maximum absolute atomic E-state index is 12.3. The molecule has 0 N–H and O–H groups in total. The molecule has 3 rings (SSSR count). The van der Waals surface area contributed by atoms with Crippen molar-refractivity contribution in [2.45, 2.75) is 12.5 Å². The highest BCUT2D eigenvalue weighted by molar-refractivity contribution is 9.11. The van der Waals surface area contributed by atoms with Gasteiger partial charge in [-0.3, -0.25) is 9.78 Å². The molecule has 1 aliphatic rings. The van der Waals surface area contributed by atoms with Crippen LogP contribution in [0.5, 0.6) is 11.5 Å². The Kier molecular flexibility index (Phi) is 3.99. The van der Waals surface area contributed by atoms with Gasteiger partial charge in [-0.05, 0) is 50.1 Å². The predicted octanol–water partition coefficient (Wildman–Crippen LogP) is 4.32. The molecule has 0 amide bonds. The van der Waals surface area contributed by atoms with Gasteiger partial charge in [-0.1, -0.05) is 0 Å². The van der Waals surface area contributed by atoms with Gasteiger partial charge < -0.3 is 9.47 Å². The van der Waals surface area contributed by atoms with Crippen LogP contribution in [0.15, 0.2) is 39.4 Å². The summed E-state index contributed by atoms with van der Waals surface area (Å²) in [5.41, 5.74) is 1.29. The van der Waals surface area contributed by atoms with Gasteiger partial charge in [0.1, 0.15) is 17.6 Å². The summed E-state index contributed by atoms with van der Waals surface area (Å²) >= 11 is 6.82. The van der Waals surface area contributed by atoms with Crippen molar-refractivity contribution in [1.29, 1.82) is 0 Å². The average Bonchev–Trinajstić information content (AvgIpc) is 2.46. The Morgan fingerprint density at radius 3 is 2.86 bits per heavy atom. The molecule has 1 aromatic carbocycles. The van der Waals surface area contributed by atoms with Crippen molar-refractivity contribution in [3.8, 4) is 11.5 Å². The van der Waals surface area contributed by atoms with Gasteiger partial charge in [0.25, 0.3) is 0 Å². The molecule has 1 aliphatic heterocycles. The van der Waals surface area contributed by atoms with Crippen LogP contribution in [0, 0.1) is 0 Å². The number of nitrogens with zero attached hydrogens (tertiary/aromatic N) is 1. The van der Waals surface area contributed by atoms with Crippen molar-refractivity contribution < 1.29 is 14.3 Å². The number of carbonyl (C=O) groups excluding carboxylic acids is 1. The first-order chi connectivity index (χ1) is 10.1. The van der Waals surface area contributed by atoms with E-state index in [4.69, 9.17) is 9.47 Å². The van der Waals surface area contributed by atoms with E-state index in [1.807, 2.05) is 6.07 Å². The zero-order chi connectivity index (χ0) is 15.0. The molecule has 4 nitrogen and oxygen atoms in total. The molecule has 0 fully saturated rings. The fourth-order valence-corrected chi connectivity index (χ4v) is 3.49. The van der Waals surface area contributed by atoms with Gasteiger partial charge >= 0.3 is 0 Å². The van der Waals surface area contributed by atoms with Crippen LogP contribution in [0.3, 0.4) is 0 Å². The molecule has 0 saturated carbocycles. The fourth-order valence-electron chi connectivity index (χ4n) is 2.25. The summed E-state index contributed by atoms with van der Waals surface area (Å²) < 4.78 is 12.8. The number of aromatic nitrogens is 1. The van der Waals surface area contributed by atoms with Crippen molar-refractivity contribution >= 4 is 37.6 Å². The predicted molar refractivity (Wildman–Crippen MR) is 84.9 cm³/mol. The Labute approximate surface area is 138 Å². The number of pyridine rings is 1.